The Kier molecular flexibility index (Phi) is 3.73. The molecule has 3 N–H and O–H groups in total. The molecule has 0 amide bonds. The average Bonchev–Trinajstić information content (AvgIpc) is 2.73. The zero-order chi connectivity index (χ0) is 14.3. The summed E-state index contributed by atoms with van der Waals surface area (Å²) in [6.45, 7) is 5.15. The number of hydrogen-bond acceptors (Lipinski definition) is 5. The molecule has 0 radical (unpaired) electrons. The van der Waals surface area contributed by atoms with Gasteiger partial charge in [-0.1, -0.05) is 0 Å². The minimum atomic E-state index is 0.396. The first-order chi connectivity index (χ1) is 9.56. The molecule has 3 rings (SSSR count). The van der Waals surface area contributed by atoms with E-state index in [-0.39, 0.29) is 0 Å². The molecule has 0 unspecified atom stereocenters. The molecule has 1 aromatic rings. The van der Waals surface area contributed by atoms with Crippen LogP contribution in [0.5, 0.6) is 0 Å². The Morgan fingerprint density at radius 1 is 1.25 bits per heavy atom. The highest BCUT2D eigenvalue weighted by molar-refractivity contribution is 7.16. The number of hydrogen-bond donors (Lipinski definition) is 2. The molecule has 0 atom stereocenters. The molecule has 0 saturated heterocycles. The lowest BCUT2D eigenvalue weighted by Gasteiger charge is -2.31. The van der Waals surface area contributed by atoms with Crippen molar-refractivity contribution < 1.29 is 0 Å². The van der Waals surface area contributed by atoms with Gasteiger partial charge in [-0.25, -0.2) is 4.99 Å². The van der Waals surface area contributed by atoms with Crippen molar-refractivity contribution in [2.24, 2.45) is 10.7 Å². The van der Waals surface area contributed by atoms with Gasteiger partial charge in [0.25, 0.3) is 0 Å². The number of fused-ring (bicyclic) bond motifs is 1. The van der Waals surface area contributed by atoms with E-state index in [0.29, 0.717) is 12.1 Å². The van der Waals surface area contributed by atoms with E-state index in [0.717, 1.165) is 38.2 Å². The SMILES string of the molecule is Cc1sc2c(c1C)C(N[C@H]1CC[C@H](N)CC1)=NCN2C. The first-order valence-electron chi connectivity index (χ1n) is 7.44. The van der Waals surface area contributed by atoms with E-state index in [1.807, 2.05) is 11.3 Å². The lowest BCUT2D eigenvalue weighted by molar-refractivity contribution is 0.373. The highest BCUT2D eigenvalue weighted by Gasteiger charge is 2.26. The number of rotatable bonds is 1. The molecule has 2 heterocycles. The van der Waals surface area contributed by atoms with Crippen molar-refractivity contribution in [2.75, 3.05) is 18.6 Å². The smallest absolute Gasteiger partial charge is 0.133 e. The van der Waals surface area contributed by atoms with Gasteiger partial charge in [0.1, 0.15) is 17.5 Å². The van der Waals surface area contributed by atoms with Gasteiger partial charge in [0, 0.05) is 24.0 Å². The Balaban J connectivity index is 1.81. The maximum absolute atomic E-state index is 5.99. The number of aliphatic imine (C=N–C) groups is 1. The summed E-state index contributed by atoms with van der Waals surface area (Å²) in [7, 11) is 2.12. The van der Waals surface area contributed by atoms with E-state index < -0.39 is 0 Å². The van der Waals surface area contributed by atoms with Crippen molar-refractivity contribution >= 4 is 22.2 Å². The van der Waals surface area contributed by atoms with Crippen LogP contribution in [0.3, 0.4) is 0 Å². The van der Waals surface area contributed by atoms with E-state index in [9.17, 15) is 0 Å². The van der Waals surface area contributed by atoms with Crippen LogP contribution >= 0.6 is 11.3 Å². The largest absolute Gasteiger partial charge is 0.367 e. The van der Waals surface area contributed by atoms with Crippen LogP contribution < -0.4 is 16.0 Å². The third-order valence-corrected chi connectivity index (χ3v) is 5.83. The summed E-state index contributed by atoms with van der Waals surface area (Å²) in [4.78, 5) is 8.38. The Labute approximate surface area is 125 Å². The van der Waals surface area contributed by atoms with Crippen molar-refractivity contribution in [3.63, 3.8) is 0 Å². The second-order valence-corrected chi connectivity index (χ2v) is 7.27. The third kappa shape index (κ3) is 2.44. The highest BCUT2D eigenvalue weighted by atomic mass is 32.1. The van der Waals surface area contributed by atoms with Gasteiger partial charge < -0.3 is 16.0 Å². The van der Waals surface area contributed by atoms with Gasteiger partial charge in [0.2, 0.25) is 0 Å². The van der Waals surface area contributed by atoms with E-state index in [2.05, 4.69) is 31.1 Å². The third-order valence-electron chi connectivity index (χ3n) is 4.50. The predicted molar refractivity (Wildman–Crippen MR) is 87.0 cm³/mol. The first kappa shape index (κ1) is 13.9. The van der Waals surface area contributed by atoms with E-state index in [4.69, 9.17) is 10.7 Å². The van der Waals surface area contributed by atoms with Crippen LogP contribution in [0, 0.1) is 13.8 Å². The summed E-state index contributed by atoms with van der Waals surface area (Å²) in [6, 6.07) is 0.928. The van der Waals surface area contributed by atoms with Gasteiger partial charge in [0.05, 0.1) is 5.56 Å². The number of nitrogens with two attached hydrogens (primary N) is 1. The monoisotopic (exact) mass is 292 g/mol. The second-order valence-electron chi connectivity index (χ2n) is 6.07. The molecular weight excluding hydrogens is 268 g/mol. The van der Waals surface area contributed by atoms with Crippen molar-refractivity contribution in [1.29, 1.82) is 0 Å². The van der Waals surface area contributed by atoms with Crippen LogP contribution in [-0.2, 0) is 0 Å². The van der Waals surface area contributed by atoms with Crippen LogP contribution in [0.2, 0.25) is 0 Å². The average molecular weight is 292 g/mol. The Bertz CT molecular complexity index is 526. The number of nitrogens with zero attached hydrogens (tertiary/aromatic N) is 2. The molecule has 0 spiro atoms. The van der Waals surface area contributed by atoms with Gasteiger partial charge in [0.15, 0.2) is 0 Å². The van der Waals surface area contributed by atoms with E-state index >= 15 is 0 Å². The van der Waals surface area contributed by atoms with E-state index in [1.54, 1.807) is 0 Å². The summed E-state index contributed by atoms with van der Waals surface area (Å²) in [6.07, 6.45) is 4.57. The lowest BCUT2D eigenvalue weighted by Crippen LogP contribution is -2.42. The minimum absolute atomic E-state index is 0.396. The molecule has 20 heavy (non-hydrogen) atoms. The predicted octanol–water partition coefficient (Wildman–Crippen LogP) is 2.38. The summed E-state index contributed by atoms with van der Waals surface area (Å²) in [5.74, 6) is 1.10. The van der Waals surface area contributed by atoms with Crippen LogP contribution in [0.4, 0.5) is 5.00 Å². The van der Waals surface area contributed by atoms with E-state index in [1.165, 1.54) is 21.0 Å². The van der Waals surface area contributed by atoms with Crippen molar-refractivity contribution in [1.82, 2.24) is 5.32 Å². The molecule has 0 aromatic carbocycles. The number of amidine groups is 1. The molecule has 1 aliphatic heterocycles. The maximum atomic E-state index is 5.99. The van der Waals surface area contributed by atoms with Gasteiger partial charge >= 0.3 is 0 Å². The number of thiophene rings is 1. The van der Waals surface area contributed by atoms with Gasteiger partial charge in [-0.15, -0.1) is 11.3 Å². The fourth-order valence-electron chi connectivity index (χ4n) is 3.05. The molecule has 2 aliphatic rings. The van der Waals surface area contributed by atoms with Crippen LogP contribution in [-0.4, -0.2) is 31.6 Å². The van der Waals surface area contributed by atoms with Gasteiger partial charge in [-0.3, -0.25) is 0 Å². The Hall–Kier alpha value is -1.07. The van der Waals surface area contributed by atoms with Crippen LogP contribution in [0.25, 0.3) is 0 Å². The summed E-state index contributed by atoms with van der Waals surface area (Å²) in [5, 5.41) is 5.04. The normalized spacial score (nSPS) is 26.2. The molecule has 0 bridgehead atoms. The molecular formula is C15H24N4S. The first-order valence-corrected chi connectivity index (χ1v) is 8.26. The molecule has 110 valence electrons. The Morgan fingerprint density at radius 3 is 2.65 bits per heavy atom. The van der Waals surface area contributed by atoms with Gasteiger partial charge in [-0.05, 0) is 45.1 Å². The standard InChI is InChI=1S/C15H24N4S/c1-9-10(2)20-15-13(9)14(17-8-19(15)3)18-12-6-4-11(16)5-7-12/h11-12H,4-8,16H2,1-3H3,(H,17,18)/t11-,12-. The quantitative estimate of drug-likeness (QED) is 0.835. The van der Waals surface area contributed by atoms with Crippen LogP contribution in [0.15, 0.2) is 4.99 Å². The summed E-state index contributed by atoms with van der Waals surface area (Å²) >= 11 is 1.88. The highest BCUT2D eigenvalue weighted by Crippen LogP contribution is 2.37. The molecule has 1 aliphatic carbocycles. The zero-order valence-corrected chi connectivity index (χ0v) is 13.4. The minimum Gasteiger partial charge on any atom is -0.367 e. The number of anilines is 1. The summed E-state index contributed by atoms with van der Waals surface area (Å²) in [5.41, 5.74) is 8.68. The molecule has 1 saturated carbocycles. The Morgan fingerprint density at radius 2 is 1.95 bits per heavy atom. The van der Waals surface area contributed by atoms with Crippen molar-refractivity contribution in [3.8, 4) is 0 Å². The molecule has 4 nitrogen and oxygen atoms in total. The maximum Gasteiger partial charge on any atom is 0.133 e. The molecule has 5 heteroatoms. The molecule has 1 fully saturated rings. The summed E-state index contributed by atoms with van der Waals surface area (Å²) < 4.78 is 0. The second kappa shape index (κ2) is 5.37. The van der Waals surface area contributed by atoms with Crippen LogP contribution in [0.1, 0.15) is 41.7 Å². The van der Waals surface area contributed by atoms with Gasteiger partial charge in [-0.2, -0.15) is 0 Å². The fourth-order valence-corrected chi connectivity index (χ4v) is 4.16. The number of aryl methyl sites for hydroxylation is 1. The van der Waals surface area contributed by atoms with Crippen molar-refractivity contribution in [2.45, 2.75) is 51.6 Å². The zero-order valence-electron chi connectivity index (χ0n) is 12.6. The fraction of sp³-hybridized carbons (Fsp3) is 0.667. The molecule has 1 aromatic heterocycles. The van der Waals surface area contributed by atoms with Crippen molar-refractivity contribution in [3.05, 3.63) is 16.0 Å². The topological polar surface area (TPSA) is 53.6 Å². The number of nitrogens with one attached hydrogen (secondary N) is 1. The lowest BCUT2D eigenvalue weighted by atomic mass is 9.91.